The molecule has 0 radical (unpaired) electrons. The van der Waals surface area contributed by atoms with E-state index < -0.39 is 28.0 Å². The van der Waals surface area contributed by atoms with Crippen LogP contribution in [0.5, 0.6) is 5.75 Å². The monoisotopic (exact) mass is 600 g/mol. The van der Waals surface area contributed by atoms with Gasteiger partial charge in [-0.2, -0.15) is 0 Å². The summed E-state index contributed by atoms with van der Waals surface area (Å²) in [7, 11) is 0. The number of benzene rings is 3. The second-order valence-electron chi connectivity index (χ2n) is 16.3. The number of para-hydroxylation sites is 1. The second kappa shape index (κ2) is 11.8. The third-order valence-electron chi connectivity index (χ3n) is 8.49. The second-order valence-corrected chi connectivity index (χ2v) is 16.3. The van der Waals surface area contributed by atoms with Gasteiger partial charge in [0.1, 0.15) is 5.60 Å². The summed E-state index contributed by atoms with van der Waals surface area (Å²) in [5.74, 6) is -0.452. The van der Waals surface area contributed by atoms with Crippen molar-refractivity contribution in [2.45, 2.75) is 123 Å². The first-order chi connectivity index (χ1) is 19.9. The Balaban J connectivity index is 2.44. The summed E-state index contributed by atoms with van der Waals surface area (Å²) in [6.45, 7) is 27.9. The van der Waals surface area contributed by atoms with Crippen LogP contribution in [0.4, 0.5) is 5.69 Å². The number of aromatic hydroxyl groups is 1. The van der Waals surface area contributed by atoms with E-state index in [0.29, 0.717) is 0 Å². The molecule has 44 heavy (non-hydrogen) atoms. The molecule has 0 fully saturated rings. The molecule has 0 bridgehead atoms. The van der Waals surface area contributed by atoms with Gasteiger partial charge in [0.15, 0.2) is 0 Å². The van der Waals surface area contributed by atoms with E-state index in [1.165, 1.54) is 18.3 Å². The van der Waals surface area contributed by atoms with Gasteiger partial charge in [-0.15, -0.1) is 0 Å². The van der Waals surface area contributed by atoms with E-state index in [9.17, 15) is 20.3 Å². The molecule has 0 saturated heterocycles. The molecule has 3 aromatic rings. The van der Waals surface area contributed by atoms with E-state index in [1.54, 1.807) is 6.07 Å². The zero-order chi connectivity index (χ0) is 33.6. The summed E-state index contributed by atoms with van der Waals surface area (Å²) in [4.78, 5) is 15.6. The van der Waals surface area contributed by atoms with Crippen LogP contribution >= 0.6 is 0 Å². The highest BCUT2D eigenvalue weighted by molar-refractivity contribution is 5.85. The predicted molar refractivity (Wildman–Crippen MR) is 182 cm³/mol. The van der Waals surface area contributed by atoms with Gasteiger partial charge in [-0.25, -0.2) is 0 Å². The lowest BCUT2D eigenvalue weighted by atomic mass is 9.71. The zero-order valence-electron chi connectivity index (χ0n) is 29.0. The Morgan fingerprint density at radius 1 is 0.682 bits per heavy atom. The van der Waals surface area contributed by atoms with Gasteiger partial charge in [0.25, 0.3) is 0 Å². The molecule has 1 unspecified atom stereocenters. The van der Waals surface area contributed by atoms with Crippen molar-refractivity contribution >= 4 is 11.9 Å². The maximum Gasteiger partial charge on any atom is 0.311 e. The van der Waals surface area contributed by atoms with Crippen LogP contribution < -0.4 is 0 Å². The fraction of sp³-hybridized carbons (Fsp3) is 0.500. The third kappa shape index (κ3) is 7.40. The molecule has 6 nitrogen and oxygen atoms in total. The van der Waals surface area contributed by atoms with Gasteiger partial charge in [0.05, 0.1) is 11.0 Å². The van der Waals surface area contributed by atoms with E-state index in [1.807, 2.05) is 6.92 Å². The smallest absolute Gasteiger partial charge is 0.311 e. The Morgan fingerprint density at radius 3 is 1.34 bits per heavy atom. The minimum Gasteiger partial charge on any atom is -0.502 e. The number of hydrogen-bond acceptors (Lipinski definition) is 5. The highest BCUT2D eigenvalue weighted by Crippen LogP contribution is 2.42. The summed E-state index contributed by atoms with van der Waals surface area (Å²) in [6.07, 6.45) is 1.43. The van der Waals surface area contributed by atoms with E-state index in [4.69, 9.17) is 4.99 Å². The minimum absolute atomic E-state index is 0.179. The molecule has 0 heterocycles. The highest BCUT2D eigenvalue weighted by Gasteiger charge is 2.41. The Hall–Kier alpha value is -3.51. The van der Waals surface area contributed by atoms with Crippen molar-refractivity contribution in [3.8, 4) is 5.75 Å². The Kier molecular flexibility index (Phi) is 9.36. The third-order valence-corrected chi connectivity index (χ3v) is 8.49. The molecule has 0 aliphatic rings. The Labute approximate surface area is 264 Å². The number of aliphatic hydroxyl groups is 1. The first kappa shape index (κ1) is 35.0. The van der Waals surface area contributed by atoms with E-state index >= 15 is 0 Å². The summed E-state index contributed by atoms with van der Waals surface area (Å²) < 4.78 is 0. The number of nitrogens with zero attached hydrogens (tertiary/aromatic N) is 2. The molecule has 0 aromatic heterocycles. The molecule has 0 aliphatic heterocycles. The SMILES string of the molecule is CC(N=Cc1cccc([N+](=O)[O-])c1O)C(O)(c1cc(C(C)(C)C)cc(C(C)(C)C)c1)c1cc(C(C)(C)C)cc(C(C)(C)C)c1. The number of phenols is 1. The molecule has 0 amide bonds. The number of nitro groups is 1. The van der Waals surface area contributed by atoms with Gasteiger partial charge < -0.3 is 10.2 Å². The summed E-state index contributed by atoms with van der Waals surface area (Å²) in [6, 6.07) is 16.4. The van der Waals surface area contributed by atoms with Crippen molar-refractivity contribution in [3.05, 3.63) is 104 Å². The minimum atomic E-state index is -1.57. The van der Waals surface area contributed by atoms with E-state index in [-0.39, 0.29) is 27.2 Å². The highest BCUT2D eigenvalue weighted by atomic mass is 16.6. The quantitative estimate of drug-likeness (QED) is 0.167. The number of rotatable bonds is 6. The molecule has 0 aliphatic carbocycles. The van der Waals surface area contributed by atoms with Crippen LogP contribution in [0.1, 0.15) is 129 Å². The lowest BCUT2D eigenvalue weighted by Gasteiger charge is -2.38. The summed E-state index contributed by atoms with van der Waals surface area (Å²) in [5, 5.41) is 35.3. The lowest BCUT2D eigenvalue weighted by Crippen LogP contribution is -2.39. The topological polar surface area (TPSA) is 96.0 Å². The zero-order valence-corrected chi connectivity index (χ0v) is 29.0. The van der Waals surface area contributed by atoms with Crippen LogP contribution in [0.3, 0.4) is 0 Å². The molecule has 0 saturated carbocycles. The predicted octanol–water partition coefficient (Wildman–Crippen LogP) is 9.23. The van der Waals surface area contributed by atoms with Crippen LogP contribution in [-0.4, -0.2) is 27.4 Å². The van der Waals surface area contributed by atoms with Crippen molar-refractivity contribution in [1.29, 1.82) is 0 Å². The fourth-order valence-electron chi connectivity index (χ4n) is 5.18. The first-order valence-electron chi connectivity index (χ1n) is 15.4. The maximum absolute atomic E-state index is 13.2. The van der Waals surface area contributed by atoms with Crippen molar-refractivity contribution in [2.75, 3.05) is 0 Å². The summed E-state index contributed by atoms with van der Waals surface area (Å²) in [5.41, 5.74) is 3.42. The number of aliphatic imine (C=N–C) groups is 1. The normalized spacial score (nSPS) is 14.2. The summed E-state index contributed by atoms with van der Waals surface area (Å²) >= 11 is 0. The molecule has 3 aromatic carbocycles. The van der Waals surface area contributed by atoms with Gasteiger partial charge in [-0.05, 0) is 68.0 Å². The molecule has 1 atom stereocenters. The van der Waals surface area contributed by atoms with Gasteiger partial charge >= 0.3 is 5.69 Å². The lowest BCUT2D eigenvalue weighted by molar-refractivity contribution is -0.385. The number of hydrogen-bond donors (Lipinski definition) is 2. The van der Waals surface area contributed by atoms with E-state index in [0.717, 1.165) is 33.4 Å². The number of nitro benzene ring substituents is 1. The standard InChI is InChI=1S/C38H52N2O4/c1-24(39-23-25-15-14-16-32(33(25)41)40(43)44)38(42,30-19-26(34(2,3)4)17-27(20-30)35(5,6)7)31-21-28(36(8,9)10)18-29(22-31)37(11,12)13/h14-24,41-42H,1-13H3. The first-order valence-corrected chi connectivity index (χ1v) is 15.4. The average Bonchev–Trinajstić information content (AvgIpc) is 2.89. The fourth-order valence-corrected chi connectivity index (χ4v) is 5.18. The van der Waals surface area contributed by atoms with Crippen molar-refractivity contribution in [1.82, 2.24) is 0 Å². The van der Waals surface area contributed by atoms with Gasteiger partial charge in [0.2, 0.25) is 5.75 Å². The molecule has 3 rings (SSSR count). The Morgan fingerprint density at radius 2 is 1.02 bits per heavy atom. The largest absolute Gasteiger partial charge is 0.502 e. The van der Waals surface area contributed by atoms with Crippen LogP contribution in [0.25, 0.3) is 0 Å². The molecule has 6 heteroatoms. The molecule has 238 valence electrons. The number of phenolic OH excluding ortho intramolecular Hbond substituents is 1. The van der Waals surface area contributed by atoms with Crippen molar-refractivity contribution < 1.29 is 15.1 Å². The van der Waals surface area contributed by atoms with Gasteiger partial charge in [-0.3, -0.25) is 15.1 Å². The van der Waals surface area contributed by atoms with E-state index in [2.05, 4.69) is 119 Å². The van der Waals surface area contributed by atoms with Crippen LogP contribution in [0.15, 0.2) is 59.6 Å². The molecular formula is C38H52N2O4. The van der Waals surface area contributed by atoms with Gasteiger partial charge in [-0.1, -0.05) is 126 Å². The van der Waals surface area contributed by atoms with Crippen molar-refractivity contribution in [2.24, 2.45) is 4.99 Å². The molecular weight excluding hydrogens is 548 g/mol. The average molecular weight is 601 g/mol. The maximum atomic E-state index is 13.2. The van der Waals surface area contributed by atoms with Crippen molar-refractivity contribution in [3.63, 3.8) is 0 Å². The molecule has 2 N–H and O–H groups in total. The Bertz CT molecular complexity index is 1420. The van der Waals surface area contributed by atoms with Crippen LogP contribution in [0.2, 0.25) is 0 Å². The van der Waals surface area contributed by atoms with Crippen LogP contribution in [0, 0.1) is 10.1 Å². The molecule has 0 spiro atoms. The van der Waals surface area contributed by atoms with Crippen LogP contribution in [-0.2, 0) is 27.3 Å². The van der Waals surface area contributed by atoms with Gasteiger partial charge in [0, 0.05) is 17.8 Å².